The van der Waals surface area contributed by atoms with Gasteiger partial charge in [0.15, 0.2) is 0 Å². The number of nitrogens with two attached hydrogens (primary N) is 1. The number of nitrogens with one attached hydrogen (secondary N) is 3. The standard InChI is InChI=1S/C29H28FN5O2.C17H12ClN3O.C12H17FN2O/c1-3-27(36)32-22-8-4-6-19(16-22)24-9-5-7-20-17-31-29(34-28(20)24)33-21-10-12-23(13-11-21)37-26-14-15-35(2)18-25(26)30;1-2-15(22)20-13-7-3-5-11(9-13)14-8-4-6-12-10-19-17(18)21-16(12)14;1-15-7-6-12(11(13)8-15)16-10-4-2-9(14)3-5-10/h3-13,16-17,25-26H,1,14-15,18H2,2H3,(H,32,36)(H,31,33,34);2-10H,1H2,(H,20,22);2-5,11-12H,6-8,14H2,1H3. The number of para-hydroxylation sites is 2. The minimum Gasteiger partial charge on any atom is -0.487 e. The second kappa shape index (κ2) is 25.1. The maximum atomic E-state index is 14.3. The van der Waals surface area contributed by atoms with Crippen LogP contribution >= 0.6 is 11.6 Å². The summed E-state index contributed by atoms with van der Waals surface area (Å²) in [4.78, 5) is 44.6. The molecular weight excluding hydrogens is 974 g/mol. The van der Waals surface area contributed by atoms with Crippen molar-refractivity contribution in [3.63, 3.8) is 0 Å². The van der Waals surface area contributed by atoms with Crippen LogP contribution in [0.4, 0.5) is 37.5 Å². The van der Waals surface area contributed by atoms with E-state index in [9.17, 15) is 18.4 Å². The molecule has 0 saturated carbocycles. The molecule has 8 aromatic rings. The van der Waals surface area contributed by atoms with Crippen LogP contribution in [0.5, 0.6) is 11.5 Å². The third-order valence-corrected chi connectivity index (χ3v) is 12.6. The molecule has 6 aromatic carbocycles. The minimum atomic E-state index is -1.00. The van der Waals surface area contributed by atoms with E-state index in [2.05, 4.69) is 44.1 Å². The summed E-state index contributed by atoms with van der Waals surface area (Å²) in [6.45, 7) is 9.47. The number of halogens is 3. The number of hydrogen-bond acceptors (Lipinski definition) is 12. The van der Waals surface area contributed by atoms with Gasteiger partial charge in [0, 0.05) is 83.2 Å². The molecule has 4 atom stereocenters. The summed E-state index contributed by atoms with van der Waals surface area (Å²) in [7, 11) is 3.84. The fraction of sp³-hybridized carbons (Fsp3) is 0.207. The first-order valence-corrected chi connectivity index (χ1v) is 24.6. The first-order chi connectivity index (χ1) is 36.3. The van der Waals surface area contributed by atoms with Crippen LogP contribution in [0.15, 0.2) is 171 Å². The number of carbonyl (C=O) groups is 2. The van der Waals surface area contributed by atoms with Crippen LogP contribution in [0.1, 0.15) is 12.8 Å². The molecule has 2 aliphatic heterocycles. The van der Waals surface area contributed by atoms with Crippen molar-refractivity contribution in [3.8, 4) is 33.8 Å². The predicted octanol–water partition coefficient (Wildman–Crippen LogP) is 11.4. The second-order valence-corrected chi connectivity index (χ2v) is 18.4. The van der Waals surface area contributed by atoms with E-state index in [1.54, 1.807) is 36.7 Å². The van der Waals surface area contributed by atoms with Gasteiger partial charge in [-0.25, -0.2) is 28.7 Å². The molecule has 2 fully saturated rings. The van der Waals surface area contributed by atoms with E-state index in [0.29, 0.717) is 54.0 Å². The van der Waals surface area contributed by atoms with Crippen molar-refractivity contribution in [2.24, 2.45) is 0 Å². The van der Waals surface area contributed by atoms with Crippen molar-refractivity contribution in [3.05, 3.63) is 176 Å². The number of aromatic nitrogens is 4. The van der Waals surface area contributed by atoms with Gasteiger partial charge in [-0.1, -0.05) is 73.8 Å². The number of nitrogens with zero attached hydrogens (tertiary/aromatic N) is 6. The van der Waals surface area contributed by atoms with Gasteiger partial charge in [0.1, 0.15) is 36.1 Å². The lowest BCUT2D eigenvalue weighted by molar-refractivity contribution is -0.112. The van der Waals surface area contributed by atoms with E-state index < -0.39 is 18.4 Å². The number of rotatable bonds is 12. The number of hydrogen-bond donors (Lipinski definition) is 4. The van der Waals surface area contributed by atoms with E-state index in [0.717, 1.165) is 69.3 Å². The molecule has 0 radical (unpaired) electrons. The molecule has 17 heteroatoms. The van der Waals surface area contributed by atoms with E-state index in [-0.39, 0.29) is 23.2 Å². The third kappa shape index (κ3) is 14.5. The molecule has 10 rings (SSSR count). The molecule has 75 heavy (non-hydrogen) atoms. The number of nitrogen functional groups attached to an aromatic ring is 1. The SMILES string of the molecule is C=CC(=O)Nc1cccc(-c2cccc3cnc(Cl)nc23)c1.C=CC(=O)Nc1cccc(-c2cccc3cnc(Nc4ccc(OC5CCN(C)CC5F)cc4)nc23)c1.CN1CCC(Oc2ccc(N)cc2)C(F)C1. The van der Waals surface area contributed by atoms with E-state index in [4.69, 9.17) is 31.8 Å². The first-order valence-electron chi connectivity index (χ1n) is 24.3. The topological polar surface area (TPSA) is 173 Å². The average Bonchev–Trinajstić information content (AvgIpc) is 3.41. The molecule has 5 N–H and O–H groups in total. The Labute approximate surface area is 439 Å². The van der Waals surface area contributed by atoms with Gasteiger partial charge in [0.05, 0.1) is 11.0 Å². The highest BCUT2D eigenvalue weighted by Crippen LogP contribution is 2.32. The Hall–Kier alpha value is -8.31. The predicted molar refractivity (Wildman–Crippen MR) is 296 cm³/mol. The van der Waals surface area contributed by atoms with Crippen molar-refractivity contribution in [1.82, 2.24) is 29.7 Å². The number of benzene rings is 6. The Balaban J connectivity index is 0.000000166. The smallest absolute Gasteiger partial charge is 0.247 e. The van der Waals surface area contributed by atoms with Crippen LogP contribution in [0.2, 0.25) is 5.28 Å². The molecule has 2 aliphatic rings. The molecule has 0 bridgehead atoms. The fourth-order valence-electron chi connectivity index (χ4n) is 8.51. The molecule has 0 aliphatic carbocycles. The summed E-state index contributed by atoms with van der Waals surface area (Å²) in [6, 6.07) is 41.3. The lowest BCUT2D eigenvalue weighted by Gasteiger charge is -2.32. The molecule has 384 valence electrons. The number of amides is 2. The van der Waals surface area contributed by atoms with Gasteiger partial charge in [0.25, 0.3) is 0 Å². The van der Waals surface area contributed by atoms with Crippen LogP contribution in [0, 0.1) is 0 Å². The fourth-order valence-corrected chi connectivity index (χ4v) is 8.64. The zero-order valence-corrected chi connectivity index (χ0v) is 42.3. The molecule has 2 amide bonds. The van der Waals surface area contributed by atoms with E-state index in [1.165, 1.54) is 12.2 Å². The number of likely N-dealkylation sites (tertiary alicyclic amines) is 2. The Morgan fingerprint density at radius 1 is 0.640 bits per heavy atom. The summed E-state index contributed by atoms with van der Waals surface area (Å²) < 4.78 is 39.5. The zero-order chi connectivity index (χ0) is 52.8. The molecule has 2 aromatic heterocycles. The third-order valence-electron chi connectivity index (χ3n) is 12.4. The van der Waals surface area contributed by atoms with Crippen molar-refractivity contribution in [2.45, 2.75) is 37.4 Å². The maximum Gasteiger partial charge on any atom is 0.247 e. The lowest BCUT2D eigenvalue weighted by atomic mass is 10.0. The van der Waals surface area contributed by atoms with Gasteiger partial charge in [-0.15, -0.1) is 0 Å². The van der Waals surface area contributed by atoms with E-state index in [1.807, 2.05) is 133 Å². The monoisotopic (exact) mass is 1030 g/mol. The molecule has 14 nitrogen and oxygen atoms in total. The number of piperidine rings is 2. The van der Waals surface area contributed by atoms with Gasteiger partial charge in [-0.05, 0) is 135 Å². The van der Waals surface area contributed by atoms with Crippen LogP contribution in [0.3, 0.4) is 0 Å². The van der Waals surface area contributed by atoms with Crippen LogP contribution < -0.4 is 31.2 Å². The molecular formula is C58H57ClF2N10O4. The summed E-state index contributed by atoms with van der Waals surface area (Å²) in [5.41, 5.74) is 13.7. The maximum absolute atomic E-state index is 14.3. The summed E-state index contributed by atoms with van der Waals surface area (Å²) >= 11 is 5.91. The van der Waals surface area contributed by atoms with Crippen molar-refractivity contribution in [2.75, 3.05) is 62.0 Å². The Kier molecular flexibility index (Phi) is 17.7. The Bertz CT molecular complexity index is 3280. The van der Waals surface area contributed by atoms with Crippen molar-refractivity contribution in [1.29, 1.82) is 0 Å². The number of ether oxygens (including phenoxy) is 2. The highest BCUT2D eigenvalue weighted by atomic mass is 35.5. The van der Waals surface area contributed by atoms with Crippen LogP contribution in [0.25, 0.3) is 44.1 Å². The number of carbonyl (C=O) groups excluding carboxylic acids is 2. The van der Waals surface area contributed by atoms with Crippen molar-refractivity contribution >= 4 is 73.9 Å². The molecule has 4 unspecified atom stereocenters. The minimum absolute atomic E-state index is 0.205. The molecule has 2 saturated heterocycles. The first kappa shape index (κ1) is 53.0. The number of alkyl halides is 2. The zero-order valence-electron chi connectivity index (χ0n) is 41.5. The summed E-state index contributed by atoms with van der Waals surface area (Å²) in [6.07, 6.45) is 4.64. The molecule has 4 heterocycles. The normalized spacial score (nSPS) is 17.5. The summed E-state index contributed by atoms with van der Waals surface area (Å²) in [5, 5.41) is 10.8. The van der Waals surface area contributed by atoms with Gasteiger partial charge < -0.3 is 41.0 Å². The number of anilines is 5. The van der Waals surface area contributed by atoms with Gasteiger partial charge in [0.2, 0.25) is 23.0 Å². The quantitative estimate of drug-likeness (QED) is 0.0519. The van der Waals surface area contributed by atoms with Crippen LogP contribution in [-0.2, 0) is 9.59 Å². The number of fused-ring (bicyclic) bond motifs is 2. The van der Waals surface area contributed by atoms with E-state index >= 15 is 0 Å². The average molecular weight is 1030 g/mol. The molecule has 0 spiro atoms. The van der Waals surface area contributed by atoms with Crippen LogP contribution in [-0.4, -0.2) is 106 Å². The summed E-state index contributed by atoms with van der Waals surface area (Å²) in [5.74, 6) is 1.25. The van der Waals surface area contributed by atoms with Gasteiger partial charge in [-0.3, -0.25) is 9.59 Å². The highest BCUT2D eigenvalue weighted by molar-refractivity contribution is 6.28. The Morgan fingerprint density at radius 3 is 1.60 bits per heavy atom. The van der Waals surface area contributed by atoms with Gasteiger partial charge in [-0.2, -0.15) is 0 Å². The largest absolute Gasteiger partial charge is 0.487 e. The Morgan fingerprint density at radius 2 is 1.11 bits per heavy atom. The van der Waals surface area contributed by atoms with Gasteiger partial charge >= 0.3 is 0 Å². The lowest BCUT2D eigenvalue weighted by Crippen LogP contribution is -2.45. The second-order valence-electron chi connectivity index (χ2n) is 18.0. The van der Waals surface area contributed by atoms with Crippen molar-refractivity contribution < 1.29 is 27.8 Å². The highest BCUT2D eigenvalue weighted by Gasteiger charge is 2.30.